The summed E-state index contributed by atoms with van der Waals surface area (Å²) in [6, 6.07) is 0. The number of carbonyl (C=O) groups excluding carboxylic acids is 3. The van der Waals surface area contributed by atoms with E-state index in [0.29, 0.717) is 19.3 Å². The first-order chi connectivity index (χ1) is 30.0. The van der Waals surface area contributed by atoms with Gasteiger partial charge in [0.2, 0.25) is 0 Å². The minimum absolute atomic E-state index is 0.102. The Balaban J connectivity index is 4.43. The quantitative estimate of drug-likeness (QED) is 0.0200. The highest BCUT2D eigenvalue weighted by Gasteiger charge is 2.19. The molecule has 61 heavy (non-hydrogen) atoms. The summed E-state index contributed by atoms with van der Waals surface area (Å²) in [7, 11) is 0. The second kappa shape index (κ2) is 49.8. The van der Waals surface area contributed by atoms with E-state index in [9.17, 15) is 14.4 Å². The van der Waals surface area contributed by atoms with Crippen LogP contribution < -0.4 is 0 Å². The highest BCUT2D eigenvalue weighted by molar-refractivity contribution is 5.71. The largest absolute Gasteiger partial charge is 0.462 e. The average molecular weight is 853 g/mol. The zero-order valence-corrected chi connectivity index (χ0v) is 40.2. The van der Waals surface area contributed by atoms with Gasteiger partial charge in [-0.2, -0.15) is 0 Å². The molecular formula is C55H96O6. The Morgan fingerprint density at radius 2 is 0.705 bits per heavy atom. The molecule has 0 saturated carbocycles. The van der Waals surface area contributed by atoms with Crippen LogP contribution in [0.3, 0.4) is 0 Å². The first-order valence-electron chi connectivity index (χ1n) is 25.8. The molecule has 1 unspecified atom stereocenters. The lowest BCUT2D eigenvalue weighted by Crippen LogP contribution is -2.30. The maximum Gasteiger partial charge on any atom is 0.306 e. The van der Waals surface area contributed by atoms with Crippen LogP contribution in [0.15, 0.2) is 60.8 Å². The molecule has 0 aromatic rings. The van der Waals surface area contributed by atoms with Gasteiger partial charge < -0.3 is 14.2 Å². The molecule has 0 bridgehead atoms. The summed E-state index contributed by atoms with van der Waals surface area (Å²) >= 11 is 0. The van der Waals surface area contributed by atoms with Gasteiger partial charge in [0, 0.05) is 19.3 Å². The molecule has 0 heterocycles. The molecule has 6 heteroatoms. The minimum Gasteiger partial charge on any atom is -0.462 e. The Kier molecular flexibility index (Phi) is 47.4. The van der Waals surface area contributed by atoms with Crippen molar-refractivity contribution in [2.75, 3.05) is 13.2 Å². The number of hydrogen-bond donors (Lipinski definition) is 0. The van der Waals surface area contributed by atoms with Crippen LogP contribution in [0.25, 0.3) is 0 Å². The van der Waals surface area contributed by atoms with Gasteiger partial charge in [0.15, 0.2) is 6.10 Å². The van der Waals surface area contributed by atoms with Crippen molar-refractivity contribution in [2.45, 2.75) is 258 Å². The van der Waals surface area contributed by atoms with Gasteiger partial charge in [0.05, 0.1) is 0 Å². The monoisotopic (exact) mass is 853 g/mol. The highest BCUT2D eigenvalue weighted by atomic mass is 16.6. The maximum atomic E-state index is 12.8. The molecule has 0 aromatic heterocycles. The van der Waals surface area contributed by atoms with E-state index in [-0.39, 0.29) is 37.5 Å². The van der Waals surface area contributed by atoms with E-state index < -0.39 is 6.10 Å². The molecule has 0 rings (SSSR count). The standard InChI is InChI=1S/C55H96O6/c1-4-7-10-13-16-19-22-24-26-28-30-33-36-39-42-45-48-54(57)60-51-52(50-59-53(56)47-44-41-38-35-32-21-18-15-12-9-6-3)61-55(58)49-46-43-40-37-34-31-29-27-25-23-20-17-14-11-8-5-2/h9,12,18,21,26,28,30,33,35,38,52H,4-8,10-11,13-17,19-20,22-25,27,29,31-32,34,36-37,39-51H2,1-3H3/b12-9-,21-18-,28-26-,33-30-,38-35-. The first kappa shape index (κ1) is 58.1. The summed E-state index contributed by atoms with van der Waals surface area (Å²) in [4.78, 5) is 37.9. The SMILES string of the molecule is CC/C=C\C/C=C\C/C=C\CCCC(=O)OCC(COC(=O)CCCCC/C=C\C=C/CCCCCCCCC)OC(=O)CCCCCCCCCCCCCCCCCC. The number of esters is 3. The van der Waals surface area contributed by atoms with Gasteiger partial charge in [-0.05, 0) is 70.6 Å². The van der Waals surface area contributed by atoms with Gasteiger partial charge in [-0.3, -0.25) is 14.4 Å². The third kappa shape index (κ3) is 48.0. The van der Waals surface area contributed by atoms with Crippen molar-refractivity contribution in [2.24, 2.45) is 0 Å². The molecule has 0 amide bonds. The Hall–Kier alpha value is -2.89. The fourth-order valence-corrected chi connectivity index (χ4v) is 7.16. The molecule has 0 aliphatic heterocycles. The number of unbranched alkanes of at least 4 members (excludes halogenated alkanes) is 26. The van der Waals surface area contributed by atoms with Crippen LogP contribution >= 0.6 is 0 Å². The number of ether oxygens (including phenoxy) is 3. The van der Waals surface area contributed by atoms with E-state index in [0.717, 1.165) is 77.0 Å². The Bertz CT molecular complexity index is 1120. The predicted molar refractivity (Wildman–Crippen MR) is 261 cm³/mol. The Morgan fingerprint density at radius 1 is 0.361 bits per heavy atom. The van der Waals surface area contributed by atoms with E-state index in [1.165, 1.54) is 128 Å². The van der Waals surface area contributed by atoms with E-state index in [2.05, 4.69) is 81.5 Å². The fourth-order valence-electron chi connectivity index (χ4n) is 7.16. The normalized spacial score (nSPS) is 12.5. The van der Waals surface area contributed by atoms with Gasteiger partial charge in [-0.15, -0.1) is 0 Å². The fraction of sp³-hybridized carbons (Fsp3) is 0.764. The van der Waals surface area contributed by atoms with Crippen LogP contribution in [-0.2, 0) is 28.6 Å². The van der Waals surface area contributed by atoms with Crippen LogP contribution in [0.5, 0.6) is 0 Å². The summed E-state index contributed by atoms with van der Waals surface area (Å²) in [6.45, 7) is 6.46. The molecule has 0 aliphatic rings. The summed E-state index contributed by atoms with van der Waals surface area (Å²) in [5, 5.41) is 0. The third-order valence-corrected chi connectivity index (χ3v) is 11.0. The second-order valence-electron chi connectivity index (χ2n) is 17.1. The minimum atomic E-state index is -0.802. The van der Waals surface area contributed by atoms with Crippen molar-refractivity contribution in [3.05, 3.63) is 60.8 Å². The third-order valence-electron chi connectivity index (χ3n) is 11.0. The molecule has 6 nitrogen and oxygen atoms in total. The first-order valence-corrected chi connectivity index (χ1v) is 25.8. The van der Waals surface area contributed by atoms with Gasteiger partial charge in [-0.1, -0.05) is 223 Å². The summed E-state index contributed by atoms with van der Waals surface area (Å²) < 4.78 is 16.7. The molecule has 1 atom stereocenters. The lowest BCUT2D eigenvalue weighted by molar-refractivity contribution is -0.167. The summed E-state index contributed by atoms with van der Waals surface area (Å²) in [6.07, 6.45) is 60.8. The Labute approximate surface area is 377 Å². The molecule has 0 aromatic carbocycles. The van der Waals surface area contributed by atoms with E-state index in [1.54, 1.807) is 0 Å². The molecule has 0 fully saturated rings. The number of hydrogen-bond acceptors (Lipinski definition) is 6. The van der Waals surface area contributed by atoms with E-state index in [4.69, 9.17) is 14.2 Å². The Morgan fingerprint density at radius 3 is 1.16 bits per heavy atom. The second-order valence-corrected chi connectivity index (χ2v) is 17.1. The molecule has 0 N–H and O–H groups in total. The lowest BCUT2D eigenvalue weighted by Gasteiger charge is -2.18. The van der Waals surface area contributed by atoms with E-state index in [1.807, 2.05) is 0 Å². The molecule has 0 aliphatic carbocycles. The molecule has 0 spiro atoms. The maximum absolute atomic E-state index is 12.8. The molecule has 352 valence electrons. The van der Waals surface area contributed by atoms with E-state index >= 15 is 0 Å². The van der Waals surface area contributed by atoms with Gasteiger partial charge in [0.1, 0.15) is 13.2 Å². The van der Waals surface area contributed by atoms with Crippen molar-refractivity contribution >= 4 is 17.9 Å². The predicted octanol–water partition coefficient (Wildman–Crippen LogP) is 16.9. The van der Waals surface area contributed by atoms with Crippen LogP contribution in [0, 0.1) is 0 Å². The van der Waals surface area contributed by atoms with Crippen LogP contribution in [-0.4, -0.2) is 37.2 Å². The molecule has 0 saturated heterocycles. The van der Waals surface area contributed by atoms with Gasteiger partial charge >= 0.3 is 17.9 Å². The van der Waals surface area contributed by atoms with Crippen LogP contribution in [0.4, 0.5) is 0 Å². The zero-order valence-electron chi connectivity index (χ0n) is 40.2. The summed E-state index contributed by atoms with van der Waals surface area (Å²) in [5.41, 5.74) is 0. The summed E-state index contributed by atoms with van der Waals surface area (Å²) in [5.74, 6) is -0.976. The number of allylic oxidation sites excluding steroid dienone is 10. The zero-order chi connectivity index (χ0) is 44.4. The van der Waals surface area contributed by atoms with Gasteiger partial charge in [0.25, 0.3) is 0 Å². The van der Waals surface area contributed by atoms with Crippen molar-refractivity contribution in [1.82, 2.24) is 0 Å². The van der Waals surface area contributed by atoms with Crippen LogP contribution in [0.2, 0.25) is 0 Å². The highest BCUT2D eigenvalue weighted by Crippen LogP contribution is 2.15. The van der Waals surface area contributed by atoms with Crippen molar-refractivity contribution in [3.8, 4) is 0 Å². The van der Waals surface area contributed by atoms with Crippen LogP contribution in [0.1, 0.15) is 252 Å². The smallest absolute Gasteiger partial charge is 0.306 e. The topological polar surface area (TPSA) is 78.9 Å². The van der Waals surface area contributed by atoms with Crippen molar-refractivity contribution in [1.29, 1.82) is 0 Å². The molecular weight excluding hydrogens is 757 g/mol. The average Bonchev–Trinajstić information content (AvgIpc) is 3.26. The van der Waals surface area contributed by atoms with Crippen molar-refractivity contribution < 1.29 is 28.6 Å². The molecule has 0 radical (unpaired) electrons. The van der Waals surface area contributed by atoms with Gasteiger partial charge in [-0.25, -0.2) is 0 Å². The lowest BCUT2D eigenvalue weighted by atomic mass is 10.0. The van der Waals surface area contributed by atoms with Crippen molar-refractivity contribution in [3.63, 3.8) is 0 Å². The number of rotatable bonds is 46. The number of carbonyl (C=O) groups is 3.